The molecule has 0 saturated carbocycles. The van der Waals surface area contributed by atoms with Crippen LogP contribution >= 0.6 is 24.0 Å². The van der Waals surface area contributed by atoms with Crippen molar-refractivity contribution in [1.82, 2.24) is 15.5 Å². The number of nitrogens with zero attached hydrogens (tertiary/aromatic N) is 2. The number of halogens is 1. The average molecular weight is 500 g/mol. The van der Waals surface area contributed by atoms with E-state index in [1.807, 2.05) is 0 Å². The molecule has 5 nitrogen and oxygen atoms in total. The Hall–Kier alpha value is -1.12. The van der Waals surface area contributed by atoms with Crippen LogP contribution in [-0.2, 0) is 11.3 Å². The van der Waals surface area contributed by atoms with Gasteiger partial charge in [-0.3, -0.25) is 9.89 Å². The first-order valence-electron chi connectivity index (χ1n) is 10.2. The van der Waals surface area contributed by atoms with Gasteiger partial charge < -0.3 is 15.4 Å². The minimum Gasteiger partial charge on any atom is -0.377 e. The first-order valence-corrected chi connectivity index (χ1v) is 10.2. The fourth-order valence-corrected chi connectivity index (χ4v) is 3.09. The number of hydrogen-bond acceptors (Lipinski definition) is 3. The van der Waals surface area contributed by atoms with Crippen LogP contribution in [0.1, 0.15) is 38.7 Å². The molecule has 1 aliphatic rings. The smallest absolute Gasteiger partial charge is 0.191 e. The monoisotopic (exact) mass is 500 g/mol. The third-order valence-electron chi connectivity index (χ3n) is 4.98. The molecule has 0 aromatic heterocycles. The molecule has 0 bridgehead atoms. The van der Waals surface area contributed by atoms with E-state index in [4.69, 9.17) is 9.73 Å². The molecule has 0 spiro atoms. The Morgan fingerprint density at radius 1 is 1.25 bits per heavy atom. The molecule has 2 N–H and O–H groups in total. The van der Waals surface area contributed by atoms with E-state index in [-0.39, 0.29) is 24.0 Å². The topological polar surface area (TPSA) is 48.9 Å². The van der Waals surface area contributed by atoms with Gasteiger partial charge in [-0.05, 0) is 45.7 Å². The highest BCUT2D eigenvalue weighted by atomic mass is 127. The summed E-state index contributed by atoms with van der Waals surface area (Å²) in [7, 11) is 2.19. The normalized spacial score (nSPS) is 15.6. The minimum absolute atomic E-state index is 0. The number of nitrogens with one attached hydrogen (secondary N) is 2. The Morgan fingerprint density at radius 2 is 2.04 bits per heavy atom. The summed E-state index contributed by atoms with van der Waals surface area (Å²) in [6.45, 7) is 9.60. The number of guanidine groups is 1. The van der Waals surface area contributed by atoms with Gasteiger partial charge in [0.15, 0.2) is 5.96 Å². The van der Waals surface area contributed by atoms with Gasteiger partial charge in [-0.1, -0.05) is 42.0 Å². The van der Waals surface area contributed by atoms with Crippen LogP contribution in [0.4, 0.5) is 0 Å². The molecule has 1 unspecified atom stereocenters. The Labute approximate surface area is 188 Å². The van der Waals surface area contributed by atoms with Crippen LogP contribution in [0, 0.1) is 0 Å². The lowest BCUT2D eigenvalue weighted by Gasteiger charge is -2.24. The van der Waals surface area contributed by atoms with Crippen molar-refractivity contribution < 1.29 is 4.74 Å². The van der Waals surface area contributed by atoms with Gasteiger partial charge >= 0.3 is 0 Å². The molecule has 2 rings (SSSR count). The minimum atomic E-state index is 0. The molecule has 1 aromatic carbocycles. The first kappa shape index (κ1) is 24.9. The molecule has 28 heavy (non-hydrogen) atoms. The van der Waals surface area contributed by atoms with E-state index in [0.29, 0.717) is 6.04 Å². The largest absolute Gasteiger partial charge is 0.377 e. The standard InChI is InChI=1S/C22H36N4O.HI/c1-4-23-22(25-15-11-20-12-16-27-17-13-20)24-14-10-19(2)26(3)18-21-8-6-5-7-9-21;/h5-9,12,19H,4,10-11,13-18H2,1-3H3,(H2,23,24,25);1H. The molecular weight excluding hydrogens is 463 g/mol. The van der Waals surface area contributed by atoms with Gasteiger partial charge in [0.25, 0.3) is 0 Å². The second-order valence-corrected chi connectivity index (χ2v) is 7.16. The number of benzene rings is 1. The molecule has 0 aliphatic carbocycles. The fraction of sp³-hybridized carbons (Fsp3) is 0.591. The highest BCUT2D eigenvalue weighted by molar-refractivity contribution is 14.0. The van der Waals surface area contributed by atoms with Crippen LogP contribution in [-0.4, -0.2) is 56.8 Å². The summed E-state index contributed by atoms with van der Waals surface area (Å²) in [5.74, 6) is 0.920. The zero-order valence-electron chi connectivity index (χ0n) is 17.6. The van der Waals surface area contributed by atoms with E-state index in [1.54, 1.807) is 0 Å². The maximum absolute atomic E-state index is 5.36. The molecule has 0 saturated heterocycles. The van der Waals surface area contributed by atoms with Crippen molar-refractivity contribution in [3.05, 3.63) is 47.5 Å². The Balaban J connectivity index is 0.00000392. The Morgan fingerprint density at radius 3 is 2.71 bits per heavy atom. The average Bonchev–Trinajstić information content (AvgIpc) is 2.69. The predicted molar refractivity (Wildman–Crippen MR) is 130 cm³/mol. The number of hydrogen-bond donors (Lipinski definition) is 2. The molecular formula is C22H37IN4O. The summed E-state index contributed by atoms with van der Waals surface area (Å²) in [6, 6.07) is 11.1. The maximum atomic E-state index is 5.36. The van der Waals surface area contributed by atoms with Crippen molar-refractivity contribution >= 4 is 29.9 Å². The van der Waals surface area contributed by atoms with E-state index >= 15 is 0 Å². The van der Waals surface area contributed by atoms with Crippen LogP contribution < -0.4 is 10.6 Å². The lowest BCUT2D eigenvalue weighted by Crippen LogP contribution is -2.38. The lowest BCUT2D eigenvalue weighted by molar-refractivity contribution is 0.153. The molecule has 0 radical (unpaired) electrons. The van der Waals surface area contributed by atoms with E-state index in [2.05, 4.69) is 72.8 Å². The van der Waals surface area contributed by atoms with Gasteiger partial charge in [0.05, 0.1) is 13.2 Å². The molecule has 1 heterocycles. The van der Waals surface area contributed by atoms with Crippen molar-refractivity contribution in [2.75, 3.05) is 39.9 Å². The van der Waals surface area contributed by atoms with E-state index in [1.165, 1.54) is 11.1 Å². The van der Waals surface area contributed by atoms with E-state index < -0.39 is 0 Å². The zero-order valence-corrected chi connectivity index (χ0v) is 19.9. The molecule has 1 aliphatic heterocycles. The van der Waals surface area contributed by atoms with E-state index in [9.17, 15) is 0 Å². The van der Waals surface area contributed by atoms with Crippen molar-refractivity contribution in [3.8, 4) is 0 Å². The molecule has 1 aromatic rings. The number of ether oxygens (including phenoxy) is 1. The van der Waals surface area contributed by atoms with Crippen molar-refractivity contribution in [3.63, 3.8) is 0 Å². The van der Waals surface area contributed by atoms with Gasteiger partial charge in [-0.2, -0.15) is 0 Å². The van der Waals surface area contributed by atoms with Gasteiger partial charge in [-0.25, -0.2) is 0 Å². The molecule has 0 fully saturated rings. The summed E-state index contributed by atoms with van der Waals surface area (Å²) >= 11 is 0. The molecule has 6 heteroatoms. The lowest BCUT2D eigenvalue weighted by atomic mass is 10.1. The Kier molecular flexibility index (Phi) is 13.2. The van der Waals surface area contributed by atoms with Crippen LogP contribution in [0.25, 0.3) is 0 Å². The second kappa shape index (κ2) is 14.8. The summed E-state index contributed by atoms with van der Waals surface area (Å²) in [5, 5.41) is 6.80. The van der Waals surface area contributed by atoms with Crippen LogP contribution in [0.5, 0.6) is 0 Å². The third kappa shape index (κ3) is 9.89. The van der Waals surface area contributed by atoms with Crippen molar-refractivity contribution in [2.24, 2.45) is 4.99 Å². The van der Waals surface area contributed by atoms with Gasteiger partial charge in [0.2, 0.25) is 0 Å². The highest BCUT2D eigenvalue weighted by Crippen LogP contribution is 2.11. The van der Waals surface area contributed by atoms with Crippen molar-refractivity contribution in [2.45, 2.75) is 45.7 Å². The third-order valence-corrected chi connectivity index (χ3v) is 4.98. The second-order valence-electron chi connectivity index (χ2n) is 7.16. The predicted octanol–water partition coefficient (Wildman–Crippen LogP) is 3.81. The molecule has 0 amide bonds. The summed E-state index contributed by atoms with van der Waals surface area (Å²) in [5.41, 5.74) is 2.84. The molecule has 1 atom stereocenters. The van der Waals surface area contributed by atoms with Gasteiger partial charge in [-0.15, -0.1) is 24.0 Å². The molecule has 158 valence electrons. The summed E-state index contributed by atoms with van der Waals surface area (Å²) in [6.07, 6.45) is 5.37. The number of rotatable bonds is 10. The van der Waals surface area contributed by atoms with Gasteiger partial charge in [0.1, 0.15) is 0 Å². The summed E-state index contributed by atoms with van der Waals surface area (Å²) in [4.78, 5) is 7.14. The summed E-state index contributed by atoms with van der Waals surface area (Å²) < 4.78 is 5.36. The quantitative estimate of drug-likeness (QED) is 0.222. The van der Waals surface area contributed by atoms with E-state index in [0.717, 1.165) is 64.6 Å². The first-order chi connectivity index (χ1) is 13.2. The van der Waals surface area contributed by atoms with Crippen LogP contribution in [0.3, 0.4) is 0 Å². The maximum Gasteiger partial charge on any atom is 0.191 e. The van der Waals surface area contributed by atoms with Gasteiger partial charge in [0, 0.05) is 32.2 Å². The number of aliphatic imine (C=N–C) groups is 1. The highest BCUT2D eigenvalue weighted by Gasteiger charge is 2.09. The van der Waals surface area contributed by atoms with Crippen molar-refractivity contribution in [1.29, 1.82) is 0 Å². The fourth-order valence-electron chi connectivity index (χ4n) is 3.09. The zero-order chi connectivity index (χ0) is 19.3. The van der Waals surface area contributed by atoms with Crippen LogP contribution in [0.2, 0.25) is 0 Å². The SMILES string of the molecule is CCNC(=NCCC(C)N(C)Cc1ccccc1)NCCC1=CCOCC1.I. The Bertz CT molecular complexity index is 591. The van der Waals surface area contributed by atoms with Crippen LogP contribution in [0.15, 0.2) is 47.0 Å².